The predicted molar refractivity (Wildman–Crippen MR) is 92.3 cm³/mol. The summed E-state index contributed by atoms with van der Waals surface area (Å²) in [7, 11) is 0. The summed E-state index contributed by atoms with van der Waals surface area (Å²) >= 11 is 0. The Hall–Kier alpha value is -1.35. The van der Waals surface area contributed by atoms with Crippen molar-refractivity contribution in [3.63, 3.8) is 0 Å². The van der Waals surface area contributed by atoms with Gasteiger partial charge in [0.2, 0.25) is 5.91 Å². The number of benzene rings is 1. The molecule has 2 saturated heterocycles. The first-order valence-corrected chi connectivity index (χ1v) is 9.04. The first-order chi connectivity index (χ1) is 11.1. The summed E-state index contributed by atoms with van der Waals surface area (Å²) in [6, 6.07) is 11.3. The zero-order valence-electron chi connectivity index (χ0n) is 14.6. The molecule has 0 spiro atoms. The Morgan fingerprint density at radius 3 is 2.48 bits per heavy atom. The molecule has 1 aromatic carbocycles. The zero-order chi connectivity index (χ0) is 16.4. The molecule has 2 aliphatic heterocycles. The van der Waals surface area contributed by atoms with E-state index in [1.807, 2.05) is 0 Å². The third-order valence-corrected chi connectivity index (χ3v) is 5.94. The fraction of sp³-hybridized carbons (Fsp3) is 0.650. The molecule has 0 unspecified atom stereocenters. The van der Waals surface area contributed by atoms with Crippen molar-refractivity contribution < 1.29 is 9.53 Å². The first-order valence-electron chi connectivity index (χ1n) is 9.04. The maximum Gasteiger partial charge on any atom is 0.226 e. The number of ether oxygens (including phenoxy) is 1. The van der Waals surface area contributed by atoms with Gasteiger partial charge in [-0.3, -0.25) is 4.79 Å². The lowest BCUT2D eigenvalue weighted by molar-refractivity contribution is -0.140. The SMILES string of the molecule is C[C@H](C(=O)N1[C@H](C)C[C@H](c2ccccc2)[C@H]1C)C1CCOCC1. The molecule has 2 heterocycles. The summed E-state index contributed by atoms with van der Waals surface area (Å²) in [5, 5.41) is 0. The van der Waals surface area contributed by atoms with E-state index in [1.54, 1.807) is 0 Å². The highest BCUT2D eigenvalue weighted by Gasteiger charge is 2.42. The highest BCUT2D eigenvalue weighted by atomic mass is 16.5. The molecule has 0 aliphatic carbocycles. The van der Waals surface area contributed by atoms with E-state index in [1.165, 1.54) is 5.56 Å². The van der Waals surface area contributed by atoms with Crippen LogP contribution in [0.1, 0.15) is 51.5 Å². The smallest absolute Gasteiger partial charge is 0.226 e. The van der Waals surface area contributed by atoms with Crippen molar-refractivity contribution in [3.05, 3.63) is 35.9 Å². The molecule has 0 N–H and O–H groups in total. The van der Waals surface area contributed by atoms with Crippen molar-refractivity contribution in [2.75, 3.05) is 13.2 Å². The van der Waals surface area contributed by atoms with Crippen LogP contribution in [0.3, 0.4) is 0 Å². The van der Waals surface area contributed by atoms with E-state index in [-0.39, 0.29) is 12.0 Å². The highest BCUT2D eigenvalue weighted by molar-refractivity contribution is 5.80. The molecular weight excluding hydrogens is 286 g/mol. The van der Waals surface area contributed by atoms with Crippen LogP contribution in [0.5, 0.6) is 0 Å². The van der Waals surface area contributed by atoms with E-state index >= 15 is 0 Å². The summed E-state index contributed by atoms with van der Waals surface area (Å²) in [6.07, 6.45) is 3.11. The zero-order valence-corrected chi connectivity index (χ0v) is 14.6. The lowest BCUT2D eigenvalue weighted by Crippen LogP contribution is -2.44. The van der Waals surface area contributed by atoms with E-state index in [2.05, 4.69) is 56.0 Å². The summed E-state index contributed by atoms with van der Waals surface area (Å²) in [5.41, 5.74) is 1.36. The van der Waals surface area contributed by atoms with E-state index in [4.69, 9.17) is 4.74 Å². The lowest BCUT2D eigenvalue weighted by atomic mass is 9.86. The fourth-order valence-electron chi connectivity index (χ4n) is 4.46. The standard InChI is InChI=1S/C20H29NO2/c1-14-13-19(18-7-5-4-6-8-18)16(3)21(14)20(22)15(2)17-9-11-23-12-10-17/h4-8,14-17,19H,9-13H2,1-3H3/t14-,15+,16-,19+/m1/s1. The molecule has 2 fully saturated rings. The number of amides is 1. The van der Waals surface area contributed by atoms with Gasteiger partial charge in [0.05, 0.1) is 0 Å². The second-order valence-corrected chi connectivity index (χ2v) is 7.33. The Kier molecular flexibility index (Phi) is 5.05. The van der Waals surface area contributed by atoms with Gasteiger partial charge in [0, 0.05) is 37.1 Å². The summed E-state index contributed by atoms with van der Waals surface area (Å²) in [5.74, 6) is 1.39. The Morgan fingerprint density at radius 2 is 1.83 bits per heavy atom. The molecule has 3 rings (SSSR count). The normalized spacial score (nSPS) is 30.4. The van der Waals surface area contributed by atoms with E-state index in [0.29, 0.717) is 23.8 Å². The molecule has 3 heteroatoms. The van der Waals surface area contributed by atoms with Gasteiger partial charge in [-0.05, 0) is 44.6 Å². The van der Waals surface area contributed by atoms with Crippen molar-refractivity contribution >= 4 is 5.91 Å². The van der Waals surface area contributed by atoms with Crippen LogP contribution in [-0.2, 0) is 9.53 Å². The van der Waals surface area contributed by atoms with Gasteiger partial charge in [0.25, 0.3) is 0 Å². The molecular formula is C20H29NO2. The van der Waals surface area contributed by atoms with Crippen LogP contribution in [0, 0.1) is 11.8 Å². The molecule has 3 nitrogen and oxygen atoms in total. The Labute approximate surface area is 140 Å². The van der Waals surface area contributed by atoms with Crippen molar-refractivity contribution in [3.8, 4) is 0 Å². The minimum atomic E-state index is 0.110. The third-order valence-electron chi connectivity index (χ3n) is 5.94. The molecule has 0 saturated carbocycles. The number of rotatable bonds is 3. The molecule has 0 aromatic heterocycles. The molecule has 0 radical (unpaired) electrons. The van der Waals surface area contributed by atoms with Crippen LogP contribution < -0.4 is 0 Å². The Bertz CT molecular complexity index is 524. The maximum absolute atomic E-state index is 13.1. The molecule has 1 aromatic rings. The average Bonchev–Trinajstić information content (AvgIpc) is 2.89. The molecule has 23 heavy (non-hydrogen) atoms. The maximum atomic E-state index is 13.1. The van der Waals surface area contributed by atoms with Crippen LogP contribution >= 0.6 is 0 Å². The van der Waals surface area contributed by atoms with Gasteiger partial charge in [-0.25, -0.2) is 0 Å². The lowest BCUT2D eigenvalue weighted by Gasteiger charge is -2.34. The summed E-state index contributed by atoms with van der Waals surface area (Å²) in [4.78, 5) is 15.3. The number of nitrogens with zero attached hydrogens (tertiary/aromatic N) is 1. The van der Waals surface area contributed by atoms with Gasteiger partial charge in [0.1, 0.15) is 0 Å². The average molecular weight is 315 g/mol. The molecule has 126 valence electrons. The molecule has 4 atom stereocenters. The van der Waals surface area contributed by atoms with E-state index in [9.17, 15) is 4.79 Å². The van der Waals surface area contributed by atoms with Gasteiger partial charge in [-0.2, -0.15) is 0 Å². The minimum Gasteiger partial charge on any atom is -0.381 e. The third kappa shape index (κ3) is 3.30. The summed E-state index contributed by atoms with van der Waals surface area (Å²) in [6.45, 7) is 8.15. The monoisotopic (exact) mass is 315 g/mol. The Morgan fingerprint density at radius 1 is 1.17 bits per heavy atom. The van der Waals surface area contributed by atoms with Crippen molar-refractivity contribution in [2.45, 2.75) is 58.0 Å². The van der Waals surface area contributed by atoms with E-state index in [0.717, 1.165) is 32.5 Å². The predicted octanol–water partition coefficient (Wildman–Crippen LogP) is 3.84. The fourth-order valence-corrected chi connectivity index (χ4v) is 4.46. The van der Waals surface area contributed by atoms with Gasteiger partial charge in [0.15, 0.2) is 0 Å². The van der Waals surface area contributed by atoms with Gasteiger partial charge in [-0.15, -0.1) is 0 Å². The van der Waals surface area contributed by atoms with Gasteiger partial charge in [-0.1, -0.05) is 37.3 Å². The van der Waals surface area contributed by atoms with E-state index < -0.39 is 0 Å². The van der Waals surface area contributed by atoms with Crippen molar-refractivity contribution in [2.24, 2.45) is 11.8 Å². The number of carbonyl (C=O) groups excluding carboxylic acids is 1. The molecule has 1 amide bonds. The van der Waals surface area contributed by atoms with Crippen LogP contribution in [0.4, 0.5) is 0 Å². The van der Waals surface area contributed by atoms with Crippen LogP contribution in [0.15, 0.2) is 30.3 Å². The van der Waals surface area contributed by atoms with Gasteiger partial charge >= 0.3 is 0 Å². The number of likely N-dealkylation sites (tertiary alicyclic amines) is 1. The van der Waals surface area contributed by atoms with Gasteiger partial charge < -0.3 is 9.64 Å². The summed E-state index contributed by atoms with van der Waals surface area (Å²) < 4.78 is 5.45. The van der Waals surface area contributed by atoms with Crippen LogP contribution in [0.2, 0.25) is 0 Å². The first kappa shape index (κ1) is 16.5. The van der Waals surface area contributed by atoms with Crippen LogP contribution in [-0.4, -0.2) is 36.1 Å². The Balaban J connectivity index is 1.72. The largest absolute Gasteiger partial charge is 0.381 e. The highest BCUT2D eigenvalue weighted by Crippen LogP contribution is 2.39. The number of hydrogen-bond acceptors (Lipinski definition) is 2. The number of carbonyl (C=O) groups is 1. The molecule has 0 bridgehead atoms. The second-order valence-electron chi connectivity index (χ2n) is 7.33. The van der Waals surface area contributed by atoms with Crippen LogP contribution in [0.25, 0.3) is 0 Å². The number of hydrogen-bond donors (Lipinski definition) is 0. The van der Waals surface area contributed by atoms with Crippen molar-refractivity contribution in [1.29, 1.82) is 0 Å². The van der Waals surface area contributed by atoms with Crippen molar-refractivity contribution in [1.82, 2.24) is 4.90 Å². The minimum absolute atomic E-state index is 0.110. The topological polar surface area (TPSA) is 29.5 Å². The quantitative estimate of drug-likeness (QED) is 0.848. The molecule has 2 aliphatic rings. The second kappa shape index (κ2) is 7.04.